The first-order chi connectivity index (χ1) is 7.25. The Morgan fingerprint density at radius 3 is 2.40 bits per heavy atom. The Kier molecular flexibility index (Phi) is 2.54. The lowest BCUT2D eigenvalue weighted by Gasteiger charge is -2.07. The van der Waals surface area contributed by atoms with E-state index in [4.69, 9.17) is 4.74 Å². The molecule has 0 saturated carbocycles. The lowest BCUT2D eigenvalue weighted by Crippen LogP contribution is -2.23. The van der Waals surface area contributed by atoms with Crippen molar-refractivity contribution in [3.63, 3.8) is 0 Å². The fourth-order valence-electron chi connectivity index (χ4n) is 1.27. The van der Waals surface area contributed by atoms with Gasteiger partial charge in [0.2, 0.25) is 0 Å². The number of para-hydroxylation sites is 1. The second-order valence-corrected chi connectivity index (χ2v) is 3.26. The van der Waals surface area contributed by atoms with Crippen LogP contribution in [0.2, 0.25) is 0 Å². The van der Waals surface area contributed by atoms with Gasteiger partial charge in [-0.1, -0.05) is 18.2 Å². The van der Waals surface area contributed by atoms with Gasteiger partial charge in [-0.15, -0.1) is 0 Å². The Morgan fingerprint density at radius 1 is 1.07 bits per heavy atom. The summed E-state index contributed by atoms with van der Waals surface area (Å²) < 4.78 is 6.34. The van der Waals surface area contributed by atoms with Crippen LogP contribution in [0, 0.1) is 12.1 Å². The zero-order chi connectivity index (χ0) is 10.7. The molecule has 0 aliphatic rings. The molecule has 2 aromatic rings. The third-order valence-electron chi connectivity index (χ3n) is 2.09. The zero-order valence-electron chi connectivity index (χ0n) is 8.38. The number of benzene rings is 1. The number of aromatic nitrogens is 1. The SMILES string of the molecule is Cc1ccccc1Oc1cc[n+]([O-])cc1. The summed E-state index contributed by atoms with van der Waals surface area (Å²) in [6.45, 7) is 1.98. The highest BCUT2D eigenvalue weighted by molar-refractivity contribution is 5.35. The molecule has 0 amide bonds. The Bertz CT molecular complexity index is 451. The van der Waals surface area contributed by atoms with E-state index in [2.05, 4.69) is 0 Å². The third-order valence-corrected chi connectivity index (χ3v) is 2.09. The Morgan fingerprint density at radius 2 is 1.73 bits per heavy atom. The van der Waals surface area contributed by atoms with E-state index >= 15 is 0 Å². The number of rotatable bonds is 2. The second kappa shape index (κ2) is 4.00. The molecule has 3 heteroatoms. The summed E-state index contributed by atoms with van der Waals surface area (Å²) in [5.74, 6) is 1.47. The van der Waals surface area contributed by atoms with Crippen molar-refractivity contribution >= 4 is 0 Å². The molecular weight excluding hydrogens is 190 g/mol. The number of aryl methyl sites for hydroxylation is 1. The molecule has 0 atom stereocenters. The van der Waals surface area contributed by atoms with Crippen molar-refractivity contribution in [2.24, 2.45) is 0 Å². The van der Waals surface area contributed by atoms with Gasteiger partial charge in [-0.2, -0.15) is 4.73 Å². The van der Waals surface area contributed by atoms with Gasteiger partial charge in [0.15, 0.2) is 12.4 Å². The van der Waals surface area contributed by atoms with Crippen molar-refractivity contribution in [1.82, 2.24) is 0 Å². The summed E-state index contributed by atoms with van der Waals surface area (Å²) in [5, 5.41) is 10.8. The summed E-state index contributed by atoms with van der Waals surface area (Å²) in [6.07, 6.45) is 2.82. The van der Waals surface area contributed by atoms with Gasteiger partial charge in [-0.25, -0.2) is 0 Å². The third kappa shape index (κ3) is 2.26. The van der Waals surface area contributed by atoms with E-state index in [0.717, 1.165) is 16.0 Å². The molecule has 0 fully saturated rings. The fraction of sp³-hybridized carbons (Fsp3) is 0.0833. The van der Waals surface area contributed by atoms with E-state index in [1.807, 2.05) is 31.2 Å². The van der Waals surface area contributed by atoms with Crippen molar-refractivity contribution in [2.45, 2.75) is 6.92 Å². The average molecular weight is 201 g/mol. The van der Waals surface area contributed by atoms with Crippen LogP contribution in [0.3, 0.4) is 0 Å². The van der Waals surface area contributed by atoms with E-state index in [-0.39, 0.29) is 0 Å². The van der Waals surface area contributed by atoms with Gasteiger partial charge >= 0.3 is 0 Å². The van der Waals surface area contributed by atoms with Crippen LogP contribution in [0.5, 0.6) is 11.5 Å². The van der Waals surface area contributed by atoms with Crippen LogP contribution in [-0.4, -0.2) is 0 Å². The number of pyridine rings is 1. The van der Waals surface area contributed by atoms with Crippen LogP contribution >= 0.6 is 0 Å². The number of ether oxygens (including phenoxy) is 1. The van der Waals surface area contributed by atoms with Crippen LogP contribution < -0.4 is 9.47 Å². The summed E-state index contributed by atoms with van der Waals surface area (Å²) >= 11 is 0. The Balaban J connectivity index is 2.22. The quantitative estimate of drug-likeness (QED) is 0.552. The van der Waals surface area contributed by atoms with Gasteiger partial charge in [0.1, 0.15) is 11.5 Å². The predicted octanol–water partition coefficient (Wildman–Crippen LogP) is 2.42. The molecule has 0 saturated heterocycles. The number of hydrogen-bond acceptors (Lipinski definition) is 2. The molecule has 15 heavy (non-hydrogen) atoms. The van der Waals surface area contributed by atoms with Crippen LogP contribution in [0.25, 0.3) is 0 Å². The lowest BCUT2D eigenvalue weighted by molar-refractivity contribution is -0.605. The van der Waals surface area contributed by atoms with Crippen LogP contribution in [-0.2, 0) is 0 Å². The molecule has 2 rings (SSSR count). The number of nitrogens with zero attached hydrogens (tertiary/aromatic N) is 1. The molecular formula is C12H11NO2. The molecule has 0 spiro atoms. The van der Waals surface area contributed by atoms with Gasteiger partial charge < -0.3 is 9.94 Å². The zero-order valence-corrected chi connectivity index (χ0v) is 8.38. The maximum absolute atomic E-state index is 10.8. The van der Waals surface area contributed by atoms with E-state index < -0.39 is 0 Å². The normalized spacial score (nSPS) is 9.93. The first-order valence-corrected chi connectivity index (χ1v) is 4.68. The molecule has 1 aromatic carbocycles. The minimum atomic E-state index is 0.663. The van der Waals surface area contributed by atoms with Crippen molar-refractivity contribution in [1.29, 1.82) is 0 Å². The summed E-state index contributed by atoms with van der Waals surface area (Å²) in [4.78, 5) is 0. The fourth-order valence-corrected chi connectivity index (χ4v) is 1.27. The second-order valence-electron chi connectivity index (χ2n) is 3.26. The molecule has 76 valence electrons. The van der Waals surface area contributed by atoms with Crippen LogP contribution in [0.1, 0.15) is 5.56 Å². The van der Waals surface area contributed by atoms with Gasteiger partial charge in [0.05, 0.1) is 0 Å². The maximum atomic E-state index is 10.8. The molecule has 0 N–H and O–H groups in total. The molecule has 0 aliphatic heterocycles. The molecule has 0 radical (unpaired) electrons. The predicted molar refractivity (Wildman–Crippen MR) is 56.7 cm³/mol. The lowest BCUT2D eigenvalue weighted by atomic mass is 10.2. The smallest absolute Gasteiger partial charge is 0.184 e. The molecule has 1 heterocycles. The summed E-state index contributed by atoms with van der Waals surface area (Å²) in [6, 6.07) is 11.0. The molecule has 1 aromatic heterocycles. The van der Waals surface area contributed by atoms with E-state index in [1.54, 1.807) is 12.1 Å². The largest absolute Gasteiger partial charge is 0.619 e. The standard InChI is InChI=1S/C12H11NO2/c1-10-4-2-3-5-12(10)15-11-6-8-13(14)9-7-11/h2-9H,1H3. The maximum Gasteiger partial charge on any atom is 0.184 e. The van der Waals surface area contributed by atoms with Gasteiger partial charge in [-0.3, -0.25) is 0 Å². The molecule has 3 nitrogen and oxygen atoms in total. The first-order valence-electron chi connectivity index (χ1n) is 4.68. The van der Waals surface area contributed by atoms with Crippen molar-refractivity contribution in [3.8, 4) is 11.5 Å². The monoisotopic (exact) mass is 201 g/mol. The molecule has 0 bridgehead atoms. The van der Waals surface area contributed by atoms with E-state index in [1.165, 1.54) is 12.4 Å². The van der Waals surface area contributed by atoms with Crippen molar-refractivity contribution < 1.29 is 9.47 Å². The minimum absolute atomic E-state index is 0.663. The van der Waals surface area contributed by atoms with Crippen molar-refractivity contribution in [2.75, 3.05) is 0 Å². The highest BCUT2D eigenvalue weighted by Crippen LogP contribution is 2.23. The van der Waals surface area contributed by atoms with Crippen LogP contribution in [0.4, 0.5) is 0 Å². The molecule has 0 aliphatic carbocycles. The first kappa shape index (κ1) is 9.52. The molecule has 0 unspecified atom stereocenters. The van der Waals surface area contributed by atoms with Crippen molar-refractivity contribution in [3.05, 3.63) is 59.6 Å². The van der Waals surface area contributed by atoms with Gasteiger partial charge in [0.25, 0.3) is 0 Å². The van der Waals surface area contributed by atoms with Crippen LogP contribution in [0.15, 0.2) is 48.8 Å². The topological polar surface area (TPSA) is 36.2 Å². The van der Waals surface area contributed by atoms with Gasteiger partial charge in [-0.05, 0) is 18.6 Å². The average Bonchev–Trinajstić information content (AvgIpc) is 2.25. The minimum Gasteiger partial charge on any atom is -0.619 e. The summed E-state index contributed by atoms with van der Waals surface area (Å²) in [5.41, 5.74) is 1.07. The highest BCUT2D eigenvalue weighted by atomic mass is 16.5. The van der Waals surface area contributed by atoms with E-state index in [9.17, 15) is 5.21 Å². The Labute approximate surface area is 88.1 Å². The van der Waals surface area contributed by atoms with E-state index in [0.29, 0.717) is 5.75 Å². The summed E-state index contributed by atoms with van der Waals surface area (Å²) in [7, 11) is 0. The highest BCUT2D eigenvalue weighted by Gasteiger charge is 2.00. The number of hydrogen-bond donors (Lipinski definition) is 0. The Hall–Kier alpha value is -2.03. The van der Waals surface area contributed by atoms with Gasteiger partial charge in [0, 0.05) is 12.1 Å².